The summed E-state index contributed by atoms with van der Waals surface area (Å²) in [6.07, 6.45) is 21.9. The predicted octanol–water partition coefficient (Wildman–Crippen LogP) is 7.56. The van der Waals surface area contributed by atoms with Crippen molar-refractivity contribution in [3.05, 3.63) is 54.4 Å². The summed E-state index contributed by atoms with van der Waals surface area (Å²) >= 11 is 0. The fraction of sp³-hybridized carbons (Fsp3) is 0.538. The van der Waals surface area contributed by atoms with Crippen LogP contribution in [0.15, 0.2) is 48.8 Å². The zero-order valence-electron chi connectivity index (χ0n) is 18.4. The zero-order valence-corrected chi connectivity index (χ0v) is 18.4. The second kappa shape index (κ2) is 14.8. The van der Waals surface area contributed by atoms with Gasteiger partial charge in [-0.3, -0.25) is 0 Å². The van der Waals surface area contributed by atoms with E-state index in [2.05, 4.69) is 36.0 Å². The van der Waals surface area contributed by atoms with Crippen LogP contribution < -0.4 is 4.74 Å². The van der Waals surface area contributed by atoms with Crippen LogP contribution in [0.4, 0.5) is 0 Å². The molecule has 0 spiro atoms. The number of nitrogens with zero attached hydrogens (tertiary/aromatic N) is 2. The Morgan fingerprint density at radius 2 is 1.48 bits per heavy atom. The molecule has 1 aromatic carbocycles. The average Bonchev–Trinajstić information content (AvgIpc) is 2.76. The number of ether oxygens (including phenoxy) is 1. The summed E-state index contributed by atoms with van der Waals surface area (Å²) in [7, 11) is 0. The minimum atomic E-state index is 0.768. The van der Waals surface area contributed by atoms with E-state index in [1.807, 2.05) is 36.7 Å². The fourth-order valence-electron chi connectivity index (χ4n) is 3.22. The summed E-state index contributed by atoms with van der Waals surface area (Å²) in [4.78, 5) is 9.10. The number of unbranched alkanes of at least 4 members (excludes halogenated alkanes) is 7. The van der Waals surface area contributed by atoms with Crippen LogP contribution in [0.5, 0.6) is 5.75 Å². The first kappa shape index (κ1) is 23.1. The molecule has 29 heavy (non-hydrogen) atoms. The number of aryl methyl sites for hydroxylation is 1. The lowest BCUT2D eigenvalue weighted by molar-refractivity contribution is 0.307. The van der Waals surface area contributed by atoms with Crippen molar-refractivity contribution in [2.75, 3.05) is 6.61 Å². The summed E-state index contributed by atoms with van der Waals surface area (Å²) in [5, 5.41) is 0. The van der Waals surface area contributed by atoms with Gasteiger partial charge < -0.3 is 4.74 Å². The number of hydrogen-bond donors (Lipinski definition) is 0. The SMILES string of the molecule is CCC/C=C\CCCCOc1ccc(-c2ncc(CCCCCCC)cn2)cc1. The molecule has 3 nitrogen and oxygen atoms in total. The van der Waals surface area contributed by atoms with Gasteiger partial charge in [0.2, 0.25) is 0 Å². The van der Waals surface area contributed by atoms with E-state index in [0.29, 0.717) is 0 Å². The highest BCUT2D eigenvalue weighted by Crippen LogP contribution is 2.20. The standard InChI is InChI=1S/C26H38N2O/c1-3-5-7-9-10-12-14-20-29-25-18-16-24(17-19-25)26-27-21-23(22-28-26)15-13-11-8-6-4-2/h7,9,16-19,21-22H,3-6,8,10-15,20H2,1-2H3/b9-7-. The van der Waals surface area contributed by atoms with Crippen LogP contribution >= 0.6 is 0 Å². The molecular formula is C26H38N2O. The molecule has 0 atom stereocenters. The third-order valence-corrected chi connectivity index (χ3v) is 5.04. The number of aromatic nitrogens is 2. The van der Waals surface area contributed by atoms with Gasteiger partial charge in [-0.25, -0.2) is 9.97 Å². The molecule has 2 rings (SSSR count). The van der Waals surface area contributed by atoms with Crippen LogP contribution in [0.2, 0.25) is 0 Å². The monoisotopic (exact) mass is 394 g/mol. The van der Waals surface area contributed by atoms with Gasteiger partial charge in [0.15, 0.2) is 5.82 Å². The van der Waals surface area contributed by atoms with Crippen LogP contribution in [-0.2, 0) is 6.42 Å². The molecule has 0 fully saturated rings. The smallest absolute Gasteiger partial charge is 0.159 e. The molecule has 0 bridgehead atoms. The summed E-state index contributed by atoms with van der Waals surface area (Å²) in [6, 6.07) is 8.12. The van der Waals surface area contributed by atoms with Crippen LogP contribution in [0, 0.1) is 0 Å². The van der Waals surface area contributed by atoms with Crippen molar-refractivity contribution in [2.45, 2.75) is 84.5 Å². The molecule has 0 aliphatic heterocycles. The maximum atomic E-state index is 5.85. The average molecular weight is 395 g/mol. The first-order valence-electron chi connectivity index (χ1n) is 11.5. The van der Waals surface area contributed by atoms with E-state index in [4.69, 9.17) is 4.74 Å². The second-order valence-corrected chi connectivity index (χ2v) is 7.71. The van der Waals surface area contributed by atoms with E-state index in [0.717, 1.165) is 43.0 Å². The van der Waals surface area contributed by atoms with Gasteiger partial charge in [0.25, 0.3) is 0 Å². The number of hydrogen-bond acceptors (Lipinski definition) is 3. The lowest BCUT2D eigenvalue weighted by atomic mass is 10.1. The largest absolute Gasteiger partial charge is 0.494 e. The van der Waals surface area contributed by atoms with E-state index in [1.165, 1.54) is 56.9 Å². The summed E-state index contributed by atoms with van der Waals surface area (Å²) < 4.78 is 5.85. The number of allylic oxidation sites excluding steroid dienone is 2. The van der Waals surface area contributed by atoms with Crippen LogP contribution in [-0.4, -0.2) is 16.6 Å². The van der Waals surface area contributed by atoms with Crippen molar-refractivity contribution in [1.82, 2.24) is 9.97 Å². The van der Waals surface area contributed by atoms with Crippen molar-refractivity contribution >= 4 is 0 Å². The molecule has 0 aliphatic carbocycles. The Kier molecular flexibility index (Phi) is 11.8. The minimum Gasteiger partial charge on any atom is -0.494 e. The van der Waals surface area contributed by atoms with Gasteiger partial charge in [0.05, 0.1) is 6.61 Å². The zero-order chi connectivity index (χ0) is 20.6. The van der Waals surface area contributed by atoms with E-state index in [1.54, 1.807) is 0 Å². The minimum absolute atomic E-state index is 0.768. The summed E-state index contributed by atoms with van der Waals surface area (Å²) in [5.74, 6) is 1.70. The Labute approximate surface area is 177 Å². The van der Waals surface area contributed by atoms with Gasteiger partial charge in [-0.05, 0) is 68.4 Å². The van der Waals surface area contributed by atoms with E-state index >= 15 is 0 Å². The molecule has 0 radical (unpaired) electrons. The van der Waals surface area contributed by atoms with Crippen molar-refractivity contribution in [3.8, 4) is 17.1 Å². The molecule has 3 heteroatoms. The Hall–Kier alpha value is -2.16. The normalized spacial score (nSPS) is 11.2. The predicted molar refractivity (Wildman–Crippen MR) is 123 cm³/mol. The van der Waals surface area contributed by atoms with E-state index in [-0.39, 0.29) is 0 Å². The maximum absolute atomic E-state index is 5.85. The molecule has 0 saturated carbocycles. The summed E-state index contributed by atoms with van der Waals surface area (Å²) in [6.45, 7) is 5.23. The molecule has 0 saturated heterocycles. The van der Waals surface area contributed by atoms with Crippen molar-refractivity contribution < 1.29 is 4.74 Å². The second-order valence-electron chi connectivity index (χ2n) is 7.71. The molecule has 1 aromatic heterocycles. The van der Waals surface area contributed by atoms with Gasteiger partial charge in [-0.2, -0.15) is 0 Å². The highest BCUT2D eigenvalue weighted by atomic mass is 16.5. The lowest BCUT2D eigenvalue weighted by Gasteiger charge is -2.07. The molecule has 0 aliphatic rings. The third kappa shape index (κ3) is 9.74. The molecule has 0 amide bonds. The number of benzene rings is 1. The van der Waals surface area contributed by atoms with Crippen molar-refractivity contribution in [3.63, 3.8) is 0 Å². The molecule has 0 unspecified atom stereocenters. The van der Waals surface area contributed by atoms with E-state index in [9.17, 15) is 0 Å². The van der Waals surface area contributed by atoms with Crippen molar-refractivity contribution in [1.29, 1.82) is 0 Å². The lowest BCUT2D eigenvalue weighted by Crippen LogP contribution is -1.97. The van der Waals surface area contributed by atoms with Gasteiger partial charge in [0.1, 0.15) is 5.75 Å². The third-order valence-electron chi connectivity index (χ3n) is 5.04. The van der Waals surface area contributed by atoms with Crippen LogP contribution in [0.1, 0.15) is 83.6 Å². The first-order chi connectivity index (χ1) is 14.3. The molecule has 2 aromatic rings. The fourth-order valence-corrected chi connectivity index (χ4v) is 3.22. The van der Waals surface area contributed by atoms with E-state index < -0.39 is 0 Å². The molecule has 0 N–H and O–H groups in total. The topological polar surface area (TPSA) is 35.0 Å². The van der Waals surface area contributed by atoms with Crippen molar-refractivity contribution in [2.24, 2.45) is 0 Å². The Morgan fingerprint density at radius 1 is 0.759 bits per heavy atom. The molecule has 1 heterocycles. The molecule has 158 valence electrons. The Morgan fingerprint density at radius 3 is 2.21 bits per heavy atom. The highest BCUT2D eigenvalue weighted by Gasteiger charge is 2.03. The van der Waals surface area contributed by atoms with Crippen LogP contribution in [0.3, 0.4) is 0 Å². The van der Waals surface area contributed by atoms with Gasteiger partial charge in [0, 0.05) is 18.0 Å². The summed E-state index contributed by atoms with van der Waals surface area (Å²) in [5.41, 5.74) is 2.27. The Bertz CT molecular complexity index is 677. The Balaban J connectivity index is 1.69. The highest BCUT2D eigenvalue weighted by molar-refractivity contribution is 5.55. The first-order valence-corrected chi connectivity index (χ1v) is 11.5. The van der Waals surface area contributed by atoms with Gasteiger partial charge in [-0.15, -0.1) is 0 Å². The molecular weight excluding hydrogens is 356 g/mol. The quantitative estimate of drug-likeness (QED) is 0.231. The maximum Gasteiger partial charge on any atom is 0.159 e. The van der Waals surface area contributed by atoms with Gasteiger partial charge >= 0.3 is 0 Å². The van der Waals surface area contributed by atoms with Gasteiger partial charge in [-0.1, -0.05) is 58.1 Å². The van der Waals surface area contributed by atoms with Crippen LogP contribution in [0.25, 0.3) is 11.4 Å². The number of rotatable bonds is 15.